The molecule has 27 heavy (non-hydrogen) atoms. The average Bonchev–Trinajstić information content (AvgIpc) is 3.12. The van der Waals surface area contributed by atoms with Gasteiger partial charge in [0.15, 0.2) is 5.58 Å². The molecule has 138 valence electrons. The van der Waals surface area contributed by atoms with Gasteiger partial charge in [-0.1, -0.05) is 12.1 Å². The molecule has 1 saturated heterocycles. The maximum atomic E-state index is 11.0. The Kier molecular flexibility index (Phi) is 4.02. The molecular formula is C21H22BNO4. The third-order valence-electron chi connectivity index (χ3n) is 5.66. The molecule has 0 bridgehead atoms. The van der Waals surface area contributed by atoms with Crippen LogP contribution in [0, 0.1) is 6.92 Å². The van der Waals surface area contributed by atoms with Crippen molar-refractivity contribution in [3.05, 3.63) is 47.5 Å². The summed E-state index contributed by atoms with van der Waals surface area (Å²) in [5, 5.41) is 0. The molecule has 0 radical (unpaired) electrons. The number of oxazole rings is 1. The van der Waals surface area contributed by atoms with Crippen LogP contribution in [-0.4, -0.2) is 29.6 Å². The summed E-state index contributed by atoms with van der Waals surface area (Å²) >= 11 is 0. The number of benzene rings is 2. The summed E-state index contributed by atoms with van der Waals surface area (Å²) in [6.07, 6.45) is 0.804. The molecule has 0 aliphatic carbocycles. The second-order valence-electron chi connectivity index (χ2n) is 7.97. The van der Waals surface area contributed by atoms with Crippen LogP contribution in [-0.2, 0) is 9.31 Å². The normalized spacial score (nSPS) is 18.2. The summed E-state index contributed by atoms with van der Waals surface area (Å²) < 4.78 is 18.3. The monoisotopic (exact) mass is 363 g/mol. The molecule has 0 unspecified atom stereocenters. The molecule has 0 N–H and O–H groups in total. The molecule has 1 fully saturated rings. The molecule has 0 saturated carbocycles. The number of hydrogen-bond acceptors (Lipinski definition) is 5. The molecule has 5 nitrogen and oxygen atoms in total. The van der Waals surface area contributed by atoms with Crippen molar-refractivity contribution in [3.8, 4) is 11.5 Å². The molecular weight excluding hydrogens is 341 g/mol. The van der Waals surface area contributed by atoms with Crippen molar-refractivity contribution in [2.24, 2.45) is 0 Å². The number of aromatic nitrogens is 1. The Labute approximate surface area is 158 Å². The third kappa shape index (κ3) is 2.89. The Morgan fingerprint density at radius 2 is 1.74 bits per heavy atom. The first kappa shape index (κ1) is 18.0. The molecule has 1 aromatic heterocycles. The lowest BCUT2D eigenvalue weighted by Gasteiger charge is -2.32. The zero-order valence-corrected chi connectivity index (χ0v) is 16.2. The van der Waals surface area contributed by atoms with Crippen LogP contribution in [0.25, 0.3) is 22.6 Å². The molecule has 0 spiro atoms. The third-order valence-corrected chi connectivity index (χ3v) is 5.66. The second-order valence-corrected chi connectivity index (χ2v) is 7.97. The van der Waals surface area contributed by atoms with Crippen LogP contribution in [0.5, 0.6) is 0 Å². The fraction of sp³-hybridized carbons (Fsp3) is 0.333. The number of nitrogens with zero attached hydrogens (tertiary/aromatic N) is 1. The number of carbonyl (C=O) groups is 1. The molecule has 4 rings (SSSR count). The maximum absolute atomic E-state index is 11.0. The van der Waals surface area contributed by atoms with Gasteiger partial charge >= 0.3 is 7.12 Å². The van der Waals surface area contributed by atoms with Crippen molar-refractivity contribution in [3.63, 3.8) is 0 Å². The summed E-state index contributed by atoms with van der Waals surface area (Å²) in [5.41, 5.74) is 3.92. The van der Waals surface area contributed by atoms with Crippen LogP contribution in [0.4, 0.5) is 0 Å². The smallest absolute Gasteiger partial charge is 0.436 e. The van der Waals surface area contributed by atoms with Crippen LogP contribution >= 0.6 is 0 Å². The number of fused-ring (bicyclic) bond motifs is 1. The minimum Gasteiger partial charge on any atom is -0.436 e. The van der Waals surface area contributed by atoms with E-state index in [1.165, 1.54) is 0 Å². The first-order valence-corrected chi connectivity index (χ1v) is 9.03. The van der Waals surface area contributed by atoms with Crippen molar-refractivity contribution < 1.29 is 18.5 Å². The Morgan fingerprint density at radius 3 is 2.41 bits per heavy atom. The van der Waals surface area contributed by atoms with E-state index >= 15 is 0 Å². The fourth-order valence-corrected chi connectivity index (χ4v) is 3.24. The highest BCUT2D eigenvalue weighted by Gasteiger charge is 2.52. The van der Waals surface area contributed by atoms with Crippen molar-refractivity contribution in [2.45, 2.75) is 45.8 Å². The van der Waals surface area contributed by atoms with E-state index in [1.807, 2.05) is 52.8 Å². The fourth-order valence-electron chi connectivity index (χ4n) is 3.24. The lowest BCUT2D eigenvalue weighted by Crippen LogP contribution is -2.41. The van der Waals surface area contributed by atoms with E-state index in [1.54, 1.807) is 18.2 Å². The van der Waals surface area contributed by atoms with Gasteiger partial charge in [-0.3, -0.25) is 4.79 Å². The summed E-state index contributed by atoms with van der Waals surface area (Å²) in [4.78, 5) is 15.6. The predicted molar refractivity (Wildman–Crippen MR) is 105 cm³/mol. The second kappa shape index (κ2) is 6.04. The lowest BCUT2D eigenvalue weighted by molar-refractivity contribution is 0.00578. The van der Waals surface area contributed by atoms with E-state index in [0.717, 1.165) is 22.9 Å². The molecule has 6 heteroatoms. The highest BCUT2D eigenvalue weighted by Crippen LogP contribution is 2.37. The van der Waals surface area contributed by atoms with Gasteiger partial charge in [0.25, 0.3) is 0 Å². The minimum atomic E-state index is -0.444. The highest BCUT2D eigenvalue weighted by atomic mass is 16.7. The van der Waals surface area contributed by atoms with Crippen LogP contribution in [0.2, 0.25) is 0 Å². The van der Waals surface area contributed by atoms with E-state index in [0.29, 0.717) is 22.6 Å². The first-order valence-electron chi connectivity index (χ1n) is 9.03. The van der Waals surface area contributed by atoms with E-state index < -0.39 is 18.3 Å². The van der Waals surface area contributed by atoms with Crippen molar-refractivity contribution in [1.82, 2.24) is 4.98 Å². The molecule has 0 atom stereocenters. The topological polar surface area (TPSA) is 61.6 Å². The van der Waals surface area contributed by atoms with E-state index in [9.17, 15) is 4.79 Å². The summed E-state index contributed by atoms with van der Waals surface area (Å²) in [6.45, 7) is 10.2. The predicted octanol–water partition coefficient (Wildman–Crippen LogP) is 3.91. The Morgan fingerprint density at radius 1 is 1.04 bits per heavy atom. The Balaban J connectivity index is 1.76. The number of hydrogen-bond donors (Lipinski definition) is 0. The summed E-state index contributed by atoms with van der Waals surface area (Å²) in [5.74, 6) is 0.518. The lowest BCUT2D eigenvalue weighted by atomic mass is 9.75. The van der Waals surface area contributed by atoms with Gasteiger partial charge in [0.2, 0.25) is 5.89 Å². The van der Waals surface area contributed by atoms with Crippen molar-refractivity contribution in [2.75, 3.05) is 0 Å². The van der Waals surface area contributed by atoms with E-state index in [2.05, 4.69) is 4.98 Å². The van der Waals surface area contributed by atoms with Gasteiger partial charge in [0, 0.05) is 11.1 Å². The van der Waals surface area contributed by atoms with Crippen LogP contribution in [0.1, 0.15) is 43.6 Å². The van der Waals surface area contributed by atoms with Gasteiger partial charge in [-0.25, -0.2) is 4.98 Å². The molecule has 2 heterocycles. The molecule has 0 amide bonds. The summed E-state index contributed by atoms with van der Waals surface area (Å²) in [6, 6.07) is 11.1. The standard InChI is InChI=1S/C21H22BNO4/c1-13-15(19-23-17-11-14(12-24)9-10-18(17)25-19)7-6-8-16(13)22-26-20(2,3)21(4,5)27-22/h6-12H,1-5H3. The highest BCUT2D eigenvalue weighted by molar-refractivity contribution is 6.62. The zero-order valence-electron chi connectivity index (χ0n) is 16.2. The van der Waals surface area contributed by atoms with Gasteiger partial charge in [-0.2, -0.15) is 0 Å². The minimum absolute atomic E-state index is 0.400. The molecule has 1 aliphatic heterocycles. The van der Waals surface area contributed by atoms with Crippen LogP contribution < -0.4 is 5.46 Å². The number of carbonyl (C=O) groups excluding carboxylic acids is 1. The van der Waals surface area contributed by atoms with Gasteiger partial charge in [0.1, 0.15) is 11.8 Å². The largest absolute Gasteiger partial charge is 0.495 e. The van der Waals surface area contributed by atoms with Gasteiger partial charge in [-0.05, 0) is 69.9 Å². The van der Waals surface area contributed by atoms with Crippen LogP contribution in [0.15, 0.2) is 40.8 Å². The van der Waals surface area contributed by atoms with Crippen molar-refractivity contribution >= 4 is 30.0 Å². The molecule has 1 aliphatic rings. The molecule has 3 aromatic rings. The SMILES string of the molecule is Cc1c(B2OC(C)(C)C(C)(C)O2)cccc1-c1nc2cc(C=O)ccc2o1. The quantitative estimate of drug-likeness (QED) is 0.522. The van der Waals surface area contributed by atoms with Gasteiger partial charge < -0.3 is 13.7 Å². The average molecular weight is 363 g/mol. The first-order chi connectivity index (χ1) is 12.7. The van der Waals surface area contributed by atoms with Crippen LogP contribution in [0.3, 0.4) is 0 Å². The Hall–Kier alpha value is -2.44. The number of rotatable bonds is 3. The zero-order chi connectivity index (χ0) is 19.4. The maximum Gasteiger partial charge on any atom is 0.495 e. The summed E-state index contributed by atoms with van der Waals surface area (Å²) in [7, 11) is -0.444. The van der Waals surface area contributed by atoms with Gasteiger partial charge in [-0.15, -0.1) is 0 Å². The Bertz CT molecular complexity index is 1020. The van der Waals surface area contributed by atoms with Gasteiger partial charge in [0.05, 0.1) is 11.2 Å². The van der Waals surface area contributed by atoms with E-state index in [-0.39, 0.29) is 0 Å². The van der Waals surface area contributed by atoms with E-state index in [4.69, 9.17) is 13.7 Å². The number of aldehydes is 1. The molecule has 2 aromatic carbocycles. The van der Waals surface area contributed by atoms with Crippen molar-refractivity contribution in [1.29, 1.82) is 0 Å².